The van der Waals surface area contributed by atoms with E-state index in [0.717, 1.165) is 16.9 Å². The van der Waals surface area contributed by atoms with Gasteiger partial charge >= 0.3 is 0 Å². The van der Waals surface area contributed by atoms with Crippen LogP contribution in [0.5, 0.6) is 5.75 Å². The molecule has 0 radical (unpaired) electrons. The Kier molecular flexibility index (Phi) is 4.74. The highest BCUT2D eigenvalue weighted by molar-refractivity contribution is 5.79. The van der Waals surface area contributed by atoms with E-state index in [0.29, 0.717) is 12.1 Å². The van der Waals surface area contributed by atoms with E-state index >= 15 is 0 Å². The van der Waals surface area contributed by atoms with Crippen LogP contribution in [-0.2, 0) is 6.54 Å². The first-order chi connectivity index (χ1) is 9.83. The van der Waals surface area contributed by atoms with Crippen molar-refractivity contribution in [1.82, 2.24) is 5.43 Å². The molecule has 0 aliphatic heterocycles. The Morgan fingerprint density at radius 1 is 1.20 bits per heavy atom. The van der Waals surface area contributed by atoms with E-state index in [1.54, 1.807) is 25.5 Å². The Morgan fingerprint density at radius 3 is 2.65 bits per heavy atom. The fraction of sp³-hybridized carbons (Fsp3) is 0.125. The van der Waals surface area contributed by atoms with Gasteiger partial charge in [-0.1, -0.05) is 30.3 Å². The molecule has 0 fully saturated rings. The van der Waals surface area contributed by atoms with Gasteiger partial charge in [0.1, 0.15) is 5.75 Å². The second kappa shape index (κ2) is 6.95. The third-order valence-electron chi connectivity index (χ3n) is 2.81. The monoisotopic (exact) mass is 265 g/mol. The summed E-state index contributed by atoms with van der Waals surface area (Å²) in [6.07, 6.45) is 1.72. The Hall–Kier alpha value is -2.80. The van der Waals surface area contributed by atoms with Gasteiger partial charge in [0, 0.05) is 5.56 Å². The molecule has 0 saturated heterocycles. The van der Waals surface area contributed by atoms with Crippen LogP contribution in [-0.4, -0.2) is 13.3 Å². The fourth-order valence-corrected chi connectivity index (χ4v) is 1.74. The molecule has 2 aromatic rings. The maximum atomic E-state index is 8.71. The van der Waals surface area contributed by atoms with Crippen molar-refractivity contribution in [2.24, 2.45) is 5.10 Å². The number of nitriles is 1. The van der Waals surface area contributed by atoms with Crippen LogP contribution in [0.15, 0.2) is 53.6 Å². The second-order valence-corrected chi connectivity index (χ2v) is 4.14. The lowest BCUT2D eigenvalue weighted by atomic mass is 10.2. The van der Waals surface area contributed by atoms with Gasteiger partial charge in [0.15, 0.2) is 0 Å². The van der Waals surface area contributed by atoms with E-state index in [1.165, 1.54) is 0 Å². The van der Waals surface area contributed by atoms with Gasteiger partial charge in [-0.3, -0.25) is 0 Å². The number of hydrogen-bond donors (Lipinski definition) is 1. The zero-order valence-corrected chi connectivity index (χ0v) is 11.2. The minimum absolute atomic E-state index is 0.594. The summed E-state index contributed by atoms with van der Waals surface area (Å²) in [6, 6.07) is 17.1. The summed E-state index contributed by atoms with van der Waals surface area (Å²) in [5, 5.41) is 12.9. The Morgan fingerprint density at radius 2 is 1.95 bits per heavy atom. The van der Waals surface area contributed by atoms with Crippen molar-refractivity contribution in [3.05, 3.63) is 65.2 Å². The molecule has 1 N–H and O–H groups in total. The molecule has 0 spiro atoms. The highest BCUT2D eigenvalue weighted by atomic mass is 16.5. The lowest BCUT2D eigenvalue weighted by Gasteiger charge is -2.07. The van der Waals surface area contributed by atoms with Gasteiger partial charge < -0.3 is 10.2 Å². The SMILES string of the molecule is COc1ccccc1CN/N=C/c1ccc(C#N)cc1. The highest BCUT2D eigenvalue weighted by Crippen LogP contribution is 2.16. The highest BCUT2D eigenvalue weighted by Gasteiger charge is 1.99. The number of nitrogens with one attached hydrogen (secondary N) is 1. The summed E-state index contributed by atoms with van der Waals surface area (Å²) in [7, 11) is 1.65. The molecule has 0 aliphatic carbocycles. The van der Waals surface area contributed by atoms with Gasteiger partial charge in [0.25, 0.3) is 0 Å². The Bertz CT molecular complexity index is 627. The standard InChI is InChI=1S/C16H15N3O/c1-20-16-5-3-2-4-15(16)12-19-18-11-14-8-6-13(10-17)7-9-14/h2-9,11,19H,12H2,1H3/b18-11+. The molecule has 2 aromatic carbocycles. The predicted octanol–water partition coefficient (Wildman–Crippen LogP) is 2.69. The maximum Gasteiger partial charge on any atom is 0.123 e. The molecular weight excluding hydrogens is 250 g/mol. The van der Waals surface area contributed by atoms with Crippen LogP contribution in [0, 0.1) is 11.3 Å². The number of nitrogens with zero attached hydrogens (tertiary/aromatic N) is 2. The zero-order valence-electron chi connectivity index (χ0n) is 11.2. The second-order valence-electron chi connectivity index (χ2n) is 4.14. The van der Waals surface area contributed by atoms with Crippen molar-refractivity contribution in [3.8, 4) is 11.8 Å². The quantitative estimate of drug-likeness (QED) is 0.668. The topological polar surface area (TPSA) is 57.4 Å². The van der Waals surface area contributed by atoms with Crippen LogP contribution >= 0.6 is 0 Å². The molecule has 0 saturated carbocycles. The van der Waals surface area contributed by atoms with Gasteiger partial charge in [0.2, 0.25) is 0 Å². The average Bonchev–Trinajstić information content (AvgIpc) is 2.52. The van der Waals surface area contributed by atoms with Gasteiger partial charge in [-0.05, 0) is 23.8 Å². The summed E-state index contributed by atoms with van der Waals surface area (Å²) in [5.41, 5.74) is 5.61. The summed E-state index contributed by atoms with van der Waals surface area (Å²) < 4.78 is 5.26. The molecule has 0 aromatic heterocycles. The van der Waals surface area contributed by atoms with Crippen LogP contribution in [0.2, 0.25) is 0 Å². The van der Waals surface area contributed by atoms with Crippen molar-refractivity contribution in [2.45, 2.75) is 6.54 Å². The van der Waals surface area contributed by atoms with E-state index in [2.05, 4.69) is 16.6 Å². The van der Waals surface area contributed by atoms with Crippen LogP contribution in [0.4, 0.5) is 0 Å². The lowest BCUT2D eigenvalue weighted by Crippen LogP contribution is -2.06. The van der Waals surface area contributed by atoms with Gasteiger partial charge in [-0.15, -0.1) is 0 Å². The van der Waals surface area contributed by atoms with Crippen LogP contribution in [0.3, 0.4) is 0 Å². The predicted molar refractivity (Wildman–Crippen MR) is 78.6 cm³/mol. The molecule has 100 valence electrons. The summed E-state index contributed by atoms with van der Waals surface area (Å²) in [4.78, 5) is 0. The van der Waals surface area contributed by atoms with Gasteiger partial charge in [-0.2, -0.15) is 10.4 Å². The molecule has 0 aliphatic rings. The van der Waals surface area contributed by atoms with Crippen molar-refractivity contribution in [1.29, 1.82) is 5.26 Å². The van der Waals surface area contributed by atoms with Crippen molar-refractivity contribution >= 4 is 6.21 Å². The van der Waals surface area contributed by atoms with E-state index in [4.69, 9.17) is 10.00 Å². The molecule has 20 heavy (non-hydrogen) atoms. The zero-order chi connectivity index (χ0) is 14.2. The number of hydrogen-bond acceptors (Lipinski definition) is 4. The smallest absolute Gasteiger partial charge is 0.123 e. The van der Waals surface area contributed by atoms with Crippen molar-refractivity contribution in [3.63, 3.8) is 0 Å². The van der Waals surface area contributed by atoms with Crippen LogP contribution in [0.25, 0.3) is 0 Å². The number of para-hydroxylation sites is 1. The summed E-state index contributed by atoms with van der Waals surface area (Å²) in [5.74, 6) is 0.841. The number of methoxy groups -OCH3 is 1. The molecule has 0 bridgehead atoms. The Balaban J connectivity index is 1.92. The van der Waals surface area contributed by atoms with E-state index in [-0.39, 0.29) is 0 Å². The first-order valence-electron chi connectivity index (χ1n) is 6.21. The minimum Gasteiger partial charge on any atom is -0.496 e. The fourth-order valence-electron chi connectivity index (χ4n) is 1.74. The van der Waals surface area contributed by atoms with Crippen molar-refractivity contribution in [2.75, 3.05) is 7.11 Å². The first-order valence-corrected chi connectivity index (χ1v) is 6.21. The van der Waals surface area contributed by atoms with Gasteiger partial charge in [0.05, 0.1) is 31.5 Å². The van der Waals surface area contributed by atoms with E-state index in [1.807, 2.05) is 36.4 Å². The largest absolute Gasteiger partial charge is 0.496 e. The summed E-state index contributed by atoms with van der Waals surface area (Å²) in [6.45, 7) is 0.594. The molecule has 4 heteroatoms. The van der Waals surface area contributed by atoms with Gasteiger partial charge in [-0.25, -0.2) is 0 Å². The maximum absolute atomic E-state index is 8.71. The first kappa shape index (κ1) is 13.6. The van der Waals surface area contributed by atoms with Crippen LogP contribution < -0.4 is 10.2 Å². The van der Waals surface area contributed by atoms with E-state index in [9.17, 15) is 0 Å². The number of ether oxygens (including phenoxy) is 1. The molecule has 4 nitrogen and oxygen atoms in total. The normalized spacial score (nSPS) is 10.2. The molecule has 0 heterocycles. The molecular formula is C16H15N3O. The molecule has 0 atom stereocenters. The number of benzene rings is 2. The lowest BCUT2D eigenvalue weighted by molar-refractivity contribution is 0.408. The molecule has 0 unspecified atom stereocenters. The third-order valence-corrected chi connectivity index (χ3v) is 2.81. The number of hydrazone groups is 1. The van der Waals surface area contributed by atoms with Crippen LogP contribution in [0.1, 0.15) is 16.7 Å². The third kappa shape index (κ3) is 3.59. The van der Waals surface area contributed by atoms with E-state index < -0.39 is 0 Å². The minimum atomic E-state index is 0.594. The summed E-state index contributed by atoms with van der Waals surface area (Å²) >= 11 is 0. The molecule has 2 rings (SSSR count). The Labute approximate surface area is 118 Å². The molecule has 0 amide bonds. The average molecular weight is 265 g/mol. The van der Waals surface area contributed by atoms with Crippen molar-refractivity contribution < 1.29 is 4.74 Å². The number of rotatable bonds is 5.